The van der Waals surface area contributed by atoms with Gasteiger partial charge in [0.1, 0.15) is 12.1 Å². The number of nitrogens with one attached hydrogen (secondary N) is 3. The van der Waals surface area contributed by atoms with Crippen LogP contribution in [0.3, 0.4) is 0 Å². The summed E-state index contributed by atoms with van der Waals surface area (Å²) in [5.74, 6) is -1.82. The molecule has 0 aliphatic heterocycles. The van der Waals surface area contributed by atoms with Gasteiger partial charge in [-0.3, -0.25) is 25.8 Å². The second-order valence-corrected chi connectivity index (χ2v) is 5.24. The van der Waals surface area contributed by atoms with Crippen LogP contribution in [0.2, 0.25) is 0 Å². The van der Waals surface area contributed by atoms with Crippen LogP contribution in [0.25, 0.3) is 0 Å². The van der Waals surface area contributed by atoms with Gasteiger partial charge in [-0.1, -0.05) is 12.1 Å². The maximum atomic E-state index is 13.6. The zero-order chi connectivity index (χ0) is 19.1. The Balaban J connectivity index is 2.19. The quantitative estimate of drug-likeness (QED) is 0.477. The molecule has 0 saturated carbocycles. The van der Waals surface area contributed by atoms with Crippen molar-refractivity contribution in [2.24, 2.45) is 0 Å². The topological polar surface area (TPSA) is 131 Å². The van der Waals surface area contributed by atoms with Gasteiger partial charge in [0.05, 0.1) is 17.1 Å². The number of rotatable bonds is 8. The molecule has 1 unspecified atom stereocenters. The van der Waals surface area contributed by atoms with Crippen molar-refractivity contribution in [1.29, 1.82) is 0 Å². The summed E-state index contributed by atoms with van der Waals surface area (Å²) in [6.45, 7) is 2.05. The van der Waals surface area contributed by atoms with Gasteiger partial charge in [-0.25, -0.2) is 14.4 Å². The highest BCUT2D eigenvalue weighted by Gasteiger charge is 2.24. The Hall–Kier alpha value is -3.34. The minimum absolute atomic E-state index is 0.0443. The number of nitro groups is 1. The van der Waals surface area contributed by atoms with Crippen LogP contribution >= 0.6 is 0 Å². The summed E-state index contributed by atoms with van der Waals surface area (Å²) in [5, 5.41) is 14.2. The summed E-state index contributed by atoms with van der Waals surface area (Å²) >= 11 is 0. The Morgan fingerprint density at radius 1 is 1.35 bits per heavy atom. The lowest BCUT2D eigenvalue weighted by Gasteiger charge is -2.14. The maximum Gasteiger partial charge on any atom is 0.354 e. The minimum atomic E-state index is -0.807. The van der Waals surface area contributed by atoms with Crippen molar-refractivity contribution >= 4 is 23.2 Å². The first kappa shape index (κ1) is 19.0. The van der Waals surface area contributed by atoms with Crippen LogP contribution in [0, 0.1) is 15.9 Å². The lowest BCUT2D eigenvalue weighted by Crippen LogP contribution is -2.31. The lowest BCUT2D eigenvalue weighted by molar-refractivity contribution is -0.383. The third-order valence-corrected chi connectivity index (χ3v) is 3.22. The van der Waals surface area contributed by atoms with Crippen molar-refractivity contribution in [3.8, 4) is 0 Å². The van der Waals surface area contributed by atoms with Gasteiger partial charge in [-0.05, 0) is 19.1 Å². The van der Waals surface area contributed by atoms with E-state index in [1.807, 2.05) is 0 Å². The molecule has 0 spiro atoms. The van der Waals surface area contributed by atoms with E-state index in [-0.39, 0.29) is 23.2 Å². The molecule has 1 aromatic heterocycles. The van der Waals surface area contributed by atoms with Crippen molar-refractivity contribution < 1.29 is 18.8 Å². The molecule has 0 saturated heterocycles. The van der Waals surface area contributed by atoms with Crippen molar-refractivity contribution in [2.45, 2.75) is 13.0 Å². The molecule has 138 valence electrons. The SMILES string of the molecule is COCC(C)Nc1ncnc(NNC(=O)c2ccccc2F)c1[N+](=O)[O-]. The summed E-state index contributed by atoms with van der Waals surface area (Å²) in [6.07, 6.45) is 1.09. The highest BCUT2D eigenvalue weighted by atomic mass is 19.1. The van der Waals surface area contributed by atoms with Crippen LogP contribution in [0.1, 0.15) is 17.3 Å². The smallest absolute Gasteiger partial charge is 0.354 e. The van der Waals surface area contributed by atoms with Gasteiger partial charge in [-0.15, -0.1) is 0 Å². The molecule has 10 nitrogen and oxygen atoms in total. The third-order valence-electron chi connectivity index (χ3n) is 3.22. The summed E-state index contributed by atoms with van der Waals surface area (Å²) in [6, 6.07) is 5.08. The largest absolute Gasteiger partial charge is 0.383 e. The molecule has 1 heterocycles. The molecular weight excluding hydrogens is 347 g/mol. The van der Waals surface area contributed by atoms with E-state index in [0.717, 1.165) is 12.4 Å². The molecule has 1 aromatic carbocycles. The van der Waals surface area contributed by atoms with Crippen LogP contribution in [-0.4, -0.2) is 40.6 Å². The van der Waals surface area contributed by atoms with Crippen LogP contribution < -0.4 is 16.2 Å². The number of hydrazine groups is 1. The zero-order valence-corrected chi connectivity index (χ0v) is 14.0. The molecule has 0 aliphatic carbocycles. The van der Waals surface area contributed by atoms with Crippen molar-refractivity contribution in [2.75, 3.05) is 24.5 Å². The first-order valence-corrected chi connectivity index (χ1v) is 7.49. The Bertz CT molecular complexity index is 803. The van der Waals surface area contributed by atoms with Crippen LogP contribution in [0.15, 0.2) is 30.6 Å². The van der Waals surface area contributed by atoms with Gasteiger partial charge in [0.2, 0.25) is 11.6 Å². The Labute approximate surface area is 147 Å². The third kappa shape index (κ3) is 4.60. The fraction of sp³-hybridized carbons (Fsp3) is 0.267. The molecule has 11 heteroatoms. The van der Waals surface area contributed by atoms with Gasteiger partial charge in [0, 0.05) is 13.2 Å². The van der Waals surface area contributed by atoms with Crippen LogP contribution in [0.4, 0.5) is 21.7 Å². The fourth-order valence-electron chi connectivity index (χ4n) is 2.10. The number of halogens is 1. The number of hydrogen-bond donors (Lipinski definition) is 3. The predicted molar refractivity (Wildman–Crippen MR) is 91.1 cm³/mol. The maximum absolute atomic E-state index is 13.6. The van der Waals surface area contributed by atoms with Gasteiger partial charge in [-0.2, -0.15) is 0 Å². The van der Waals surface area contributed by atoms with E-state index in [4.69, 9.17) is 4.74 Å². The minimum Gasteiger partial charge on any atom is -0.383 e. The number of hydrogen-bond acceptors (Lipinski definition) is 8. The highest BCUT2D eigenvalue weighted by molar-refractivity contribution is 5.95. The van der Waals surface area contributed by atoms with Crippen LogP contribution in [0.5, 0.6) is 0 Å². The number of benzene rings is 1. The van der Waals surface area contributed by atoms with Gasteiger partial charge < -0.3 is 10.1 Å². The summed E-state index contributed by atoms with van der Waals surface area (Å²) in [7, 11) is 1.50. The molecule has 1 atom stereocenters. The average molecular weight is 364 g/mol. The zero-order valence-electron chi connectivity index (χ0n) is 14.0. The first-order valence-electron chi connectivity index (χ1n) is 7.49. The van der Waals surface area contributed by atoms with Crippen molar-refractivity contribution in [1.82, 2.24) is 15.4 Å². The molecule has 1 amide bonds. The molecular formula is C15H17FN6O4. The van der Waals surface area contributed by atoms with E-state index in [9.17, 15) is 19.3 Å². The Morgan fingerprint density at radius 2 is 2.04 bits per heavy atom. The van der Waals surface area contributed by atoms with Crippen molar-refractivity contribution in [3.63, 3.8) is 0 Å². The number of carbonyl (C=O) groups is 1. The van der Waals surface area contributed by atoms with E-state index < -0.39 is 22.3 Å². The van der Waals surface area contributed by atoms with E-state index in [1.165, 1.54) is 25.3 Å². The number of amides is 1. The Kier molecular flexibility index (Phi) is 6.33. The summed E-state index contributed by atoms with van der Waals surface area (Å²) < 4.78 is 18.6. The van der Waals surface area contributed by atoms with Gasteiger partial charge in [0.15, 0.2) is 0 Å². The number of carbonyl (C=O) groups excluding carboxylic acids is 1. The monoisotopic (exact) mass is 364 g/mol. The van der Waals surface area contributed by atoms with Crippen LogP contribution in [-0.2, 0) is 4.74 Å². The molecule has 0 fully saturated rings. The number of ether oxygens (including phenoxy) is 1. The summed E-state index contributed by atoms with van der Waals surface area (Å²) in [4.78, 5) is 30.3. The number of aromatic nitrogens is 2. The molecule has 0 aliphatic rings. The lowest BCUT2D eigenvalue weighted by atomic mass is 10.2. The molecule has 0 bridgehead atoms. The standard InChI is InChI=1S/C15H17FN6O4/c1-9(7-26-2)19-13-12(22(24)25)14(18-8-17-13)20-21-15(23)10-5-3-4-6-11(10)16/h3-6,8-9H,7H2,1-2H3,(H,21,23)(H2,17,18,19,20). The number of anilines is 2. The highest BCUT2D eigenvalue weighted by Crippen LogP contribution is 2.28. The fourth-order valence-corrected chi connectivity index (χ4v) is 2.10. The molecule has 0 radical (unpaired) electrons. The molecule has 2 rings (SSSR count). The number of methoxy groups -OCH3 is 1. The van der Waals surface area contributed by atoms with E-state index in [1.54, 1.807) is 6.92 Å². The van der Waals surface area contributed by atoms with E-state index in [2.05, 4.69) is 26.1 Å². The van der Waals surface area contributed by atoms with Crippen molar-refractivity contribution in [3.05, 3.63) is 52.1 Å². The average Bonchev–Trinajstić information content (AvgIpc) is 2.60. The second-order valence-electron chi connectivity index (χ2n) is 5.24. The summed E-state index contributed by atoms with van der Waals surface area (Å²) in [5.41, 5.74) is 3.83. The van der Waals surface area contributed by atoms with E-state index >= 15 is 0 Å². The van der Waals surface area contributed by atoms with Gasteiger partial charge in [0.25, 0.3) is 5.91 Å². The van der Waals surface area contributed by atoms with Gasteiger partial charge >= 0.3 is 5.69 Å². The normalized spacial score (nSPS) is 11.5. The first-order chi connectivity index (χ1) is 12.4. The van der Waals surface area contributed by atoms with E-state index in [0.29, 0.717) is 6.61 Å². The molecule has 26 heavy (non-hydrogen) atoms. The molecule has 3 N–H and O–H groups in total. The Morgan fingerprint density at radius 3 is 2.69 bits per heavy atom. The second kappa shape index (κ2) is 8.67. The number of nitrogens with zero attached hydrogens (tertiary/aromatic N) is 3. The molecule has 2 aromatic rings. The predicted octanol–water partition coefficient (Wildman–Crippen LogP) is 1.73.